The minimum absolute atomic E-state index is 0.194. The van der Waals surface area contributed by atoms with Crippen molar-refractivity contribution in [1.29, 1.82) is 0 Å². The predicted molar refractivity (Wildman–Crippen MR) is 60.8 cm³/mol. The van der Waals surface area contributed by atoms with Crippen LogP contribution in [0.2, 0.25) is 5.35 Å². The zero-order valence-electron chi connectivity index (χ0n) is 7.84. The van der Waals surface area contributed by atoms with Crippen molar-refractivity contribution in [2.45, 2.75) is 19.8 Å². The molecule has 0 atom stereocenters. The molecule has 0 aliphatic carbocycles. The highest BCUT2D eigenvalue weighted by Gasteiger charge is 2.12. The van der Waals surface area contributed by atoms with Crippen LogP contribution in [-0.2, 0) is 0 Å². The third-order valence-electron chi connectivity index (χ3n) is 2.08. The first kappa shape index (κ1) is 9.99. The number of fused-ring (bicyclic) bond motifs is 1. The summed E-state index contributed by atoms with van der Waals surface area (Å²) in [5.41, 5.74) is 2.70. The molecule has 1 heterocycles. The van der Waals surface area contributed by atoms with Gasteiger partial charge >= 0.3 is 0 Å². The van der Waals surface area contributed by atoms with E-state index in [0.717, 1.165) is 21.1 Å². The van der Waals surface area contributed by atoms with Crippen molar-refractivity contribution in [3.8, 4) is 0 Å². The SMILES string of the molecule is CC(C)c1cc(Br)cc2nc(Cl)oc12. The van der Waals surface area contributed by atoms with Crippen molar-refractivity contribution in [3.63, 3.8) is 0 Å². The summed E-state index contributed by atoms with van der Waals surface area (Å²) in [7, 11) is 0. The molecule has 1 aromatic carbocycles. The summed E-state index contributed by atoms with van der Waals surface area (Å²) in [5, 5.41) is 0.194. The van der Waals surface area contributed by atoms with E-state index in [0.29, 0.717) is 5.92 Å². The first-order valence-corrected chi connectivity index (χ1v) is 5.50. The Kier molecular flexibility index (Phi) is 2.54. The summed E-state index contributed by atoms with van der Waals surface area (Å²) < 4.78 is 6.35. The second-order valence-electron chi connectivity index (χ2n) is 3.46. The number of benzene rings is 1. The topological polar surface area (TPSA) is 26.0 Å². The van der Waals surface area contributed by atoms with Gasteiger partial charge < -0.3 is 4.42 Å². The second-order valence-corrected chi connectivity index (χ2v) is 4.70. The Bertz CT molecular complexity index is 478. The molecule has 4 heteroatoms. The maximum atomic E-state index is 5.72. The molecule has 0 bridgehead atoms. The number of hydrogen-bond acceptors (Lipinski definition) is 2. The summed E-state index contributed by atoms with van der Waals surface area (Å²) in [5.74, 6) is 0.388. The van der Waals surface area contributed by atoms with Gasteiger partial charge in [0.1, 0.15) is 5.52 Å². The van der Waals surface area contributed by atoms with E-state index in [9.17, 15) is 0 Å². The van der Waals surface area contributed by atoms with Gasteiger partial charge in [-0.05, 0) is 29.7 Å². The molecule has 74 valence electrons. The highest BCUT2D eigenvalue weighted by atomic mass is 79.9. The van der Waals surface area contributed by atoms with Crippen LogP contribution in [0.15, 0.2) is 21.0 Å². The maximum Gasteiger partial charge on any atom is 0.293 e. The van der Waals surface area contributed by atoms with Crippen molar-refractivity contribution >= 4 is 38.6 Å². The fourth-order valence-electron chi connectivity index (χ4n) is 1.42. The molecule has 0 aliphatic rings. The Morgan fingerprint density at radius 2 is 2.14 bits per heavy atom. The molecule has 0 saturated carbocycles. The smallest absolute Gasteiger partial charge is 0.293 e. The minimum Gasteiger partial charge on any atom is -0.427 e. The molecule has 1 aromatic heterocycles. The quantitative estimate of drug-likeness (QED) is 0.772. The first-order chi connectivity index (χ1) is 6.58. The molecule has 2 rings (SSSR count). The van der Waals surface area contributed by atoms with E-state index in [1.54, 1.807) is 0 Å². The molecule has 0 amide bonds. The Hall–Kier alpha value is -0.540. The molecule has 2 nitrogen and oxygen atoms in total. The normalized spacial score (nSPS) is 11.5. The van der Waals surface area contributed by atoms with E-state index >= 15 is 0 Å². The number of aromatic nitrogens is 1. The summed E-state index contributed by atoms with van der Waals surface area (Å²) >= 11 is 9.16. The van der Waals surface area contributed by atoms with E-state index in [1.807, 2.05) is 12.1 Å². The molecule has 0 N–H and O–H groups in total. The lowest BCUT2D eigenvalue weighted by atomic mass is 10.0. The molecule has 0 unspecified atom stereocenters. The monoisotopic (exact) mass is 273 g/mol. The van der Waals surface area contributed by atoms with Gasteiger partial charge in [0, 0.05) is 10.0 Å². The van der Waals surface area contributed by atoms with E-state index in [2.05, 4.69) is 34.8 Å². The maximum absolute atomic E-state index is 5.72. The number of nitrogens with zero attached hydrogens (tertiary/aromatic N) is 1. The molecule has 0 radical (unpaired) electrons. The van der Waals surface area contributed by atoms with Crippen molar-refractivity contribution in [2.24, 2.45) is 0 Å². The summed E-state index contributed by atoms with van der Waals surface area (Å²) in [6, 6.07) is 3.94. The molecule has 2 aromatic rings. The highest BCUT2D eigenvalue weighted by molar-refractivity contribution is 9.10. The van der Waals surface area contributed by atoms with Gasteiger partial charge in [-0.1, -0.05) is 29.8 Å². The van der Waals surface area contributed by atoms with Gasteiger partial charge in [-0.2, -0.15) is 4.98 Å². The molecular formula is C10H9BrClNO. The lowest BCUT2D eigenvalue weighted by Crippen LogP contribution is -1.87. The van der Waals surface area contributed by atoms with Gasteiger partial charge in [0.25, 0.3) is 5.35 Å². The van der Waals surface area contributed by atoms with E-state index in [1.165, 1.54) is 0 Å². The van der Waals surface area contributed by atoms with E-state index in [4.69, 9.17) is 16.0 Å². The van der Waals surface area contributed by atoms with Crippen molar-refractivity contribution < 1.29 is 4.42 Å². The molecular weight excluding hydrogens is 265 g/mol. The third-order valence-corrected chi connectivity index (χ3v) is 2.70. The fourth-order valence-corrected chi connectivity index (χ4v) is 2.06. The van der Waals surface area contributed by atoms with Crippen LogP contribution in [0.4, 0.5) is 0 Å². The largest absolute Gasteiger partial charge is 0.427 e. The lowest BCUT2D eigenvalue weighted by Gasteiger charge is -2.05. The van der Waals surface area contributed by atoms with Gasteiger partial charge in [0.2, 0.25) is 0 Å². The Balaban J connectivity index is 2.79. The van der Waals surface area contributed by atoms with E-state index < -0.39 is 0 Å². The van der Waals surface area contributed by atoms with Crippen molar-refractivity contribution in [3.05, 3.63) is 27.5 Å². The summed E-state index contributed by atoms with van der Waals surface area (Å²) in [4.78, 5) is 4.09. The van der Waals surface area contributed by atoms with Gasteiger partial charge in [-0.15, -0.1) is 0 Å². The molecule has 0 saturated heterocycles. The standard InChI is InChI=1S/C10H9BrClNO/c1-5(2)7-3-6(11)4-8-9(7)14-10(12)13-8/h3-5H,1-2H3. The van der Waals surface area contributed by atoms with Crippen molar-refractivity contribution in [1.82, 2.24) is 4.98 Å². The summed E-state index contributed by atoms with van der Waals surface area (Å²) in [6.45, 7) is 4.22. The number of rotatable bonds is 1. The lowest BCUT2D eigenvalue weighted by molar-refractivity contribution is 0.597. The number of oxazole rings is 1. The summed E-state index contributed by atoms with van der Waals surface area (Å²) in [6.07, 6.45) is 0. The third kappa shape index (κ3) is 1.66. The van der Waals surface area contributed by atoms with Gasteiger partial charge in [0.15, 0.2) is 5.58 Å². The van der Waals surface area contributed by atoms with Gasteiger partial charge in [0.05, 0.1) is 0 Å². The Morgan fingerprint density at radius 3 is 2.79 bits per heavy atom. The van der Waals surface area contributed by atoms with Crippen LogP contribution in [0.5, 0.6) is 0 Å². The van der Waals surface area contributed by atoms with E-state index in [-0.39, 0.29) is 5.35 Å². The average Bonchev–Trinajstić information content (AvgIpc) is 2.42. The van der Waals surface area contributed by atoms with Crippen LogP contribution in [0.1, 0.15) is 25.3 Å². The second kappa shape index (κ2) is 3.55. The number of halogens is 2. The Morgan fingerprint density at radius 1 is 1.43 bits per heavy atom. The fraction of sp³-hybridized carbons (Fsp3) is 0.300. The molecule has 14 heavy (non-hydrogen) atoms. The zero-order valence-corrected chi connectivity index (χ0v) is 10.2. The minimum atomic E-state index is 0.194. The average molecular weight is 275 g/mol. The molecule has 0 fully saturated rings. The van der Waals surface area contributed by atoms with Crippen LogP contribution < -0.4 is 0 Å². The number of hydrogen-bond donors (Lipinski definition) is 0. The predicted octanol–water partition coefficient (Wildman–Crippen LogP) is 4.37. The molecule has 0 aliphatic heterocycles. The van der Waals surface area contributed by atoms with Crippen molar-refractivity contribution in [2.75, 3.05) is 0 Å². The van der Waals surface area contributed by atoms with Gasteiger partial charge in [-0.3, -0.25) is 0 Å². The first-order valence-electron chi connectivity index (χ1n) is 4.33. The van der Waals surface area contributed by atoms with Crippen LogP contribution in [0.3, 0.4) is 0 Å². The molecule has 0 spiro atoms. The van der Waals surface area contributed by atoms with Crippen LogP contribution in [0.25, 0.3) is 11.1 Å². The van der Waals surface area contributed by atoms with Crippen LogP contribution in [0, 0.1) is 0 Å². The zero-order chi connectivity index (χ0) is 10.3. The van der Waals surface area contributed by atoms with Gasteiger partial charge in [-0.25, -0.2) is 0 Å². The van der Waals surface area contributed by atoms with Crippen LogP contribution >= 0.6 is 27.5 Å². The Labute approximate surface area is 95.4 Å². The highest BCUT2D eigenvalue weighted by Crippen LogP contribution is 2.30. The van der Waals surface area contributed by atoms with Crippen LogP contribution in [-0.4, -0.2) is 4.98 Å².